The first kappa shape index (κ1) is 26.8. The molecular weight excluding hydrogens is 533 g/mol. The number of aromatic nitrogens is 5. The molecule has 4 aromatic rings. The Kier molecular flexibility index (Phi) is 8.75. The maximum Gasteiger partial charge on any atom is 0.261 e. The minimum atomic E-state index is -1.57. The number of ether oxygens (including phenoxy) is 1. The van der Waals surface area contributed by atoms with E-state index in [-0.39, 0.29) is 23.8 Å². The van der Waals surface area contributed by atoms with Gasteiger partial charge in [0.05, 0.1) is 11.9 Å². The number of nitrogens with zero attached hydrogens (tertiary/aromatic N) is 6. The van der Waals surface area contributed by atoms with Crippen LogP contribution in [-0.2, 0) is 11.3 Å². The Bertz CT molecular complexity index is 1370. The number of carbonyl (C=O) groups excluding carboxylic acids is 2. The van der Waals surface area contributed by atoms with Gasteiger partial charge in [-0.25, -0.2) is 13.9 Å². The Hall–Kier alpha value is -3.80. The van der Waals surface area contributed by atoms with Gasteiger partial charge in [-0.3, -0.25) is 14.3 Å². The number of hydrogen-bond acceptors (Lipinski definition) is 6. The molecule has 0 radical (unpaired) electrons. The van der Waals surface area contributed by atoms with Crippen LogP contribution in [0, 0.1) is 0 Å². The standard InChI is InChI=1S/C22H21BrFN7O3.C2H6/c1-13(24)34-18-6-5-14(23)9-15(18)20-17(11-30(28-20)12-19(32)29(2)3)27-22(33)16-10-26-31-8-4-7-25-21(16)31;1-2/h4-11,13H,12H2,1-3H3,(H,27,33);1-2H3. The molecule has 190 valence electrons. The number of likely N-dealkylation sites (N-methyl/N-ethyl adjacent to an activating group) is 1. The molecule has 4 rings (SSSR count). The van der Waals surface area contributed by atoms with Crippen molar-refractivity contribution in [3.05, 3.63) is 59.1 Å². The summed E-state index contributed by atoms with van der Waals surface area (Å²) in [4.78, 5) is 31.0. The zero-order valence-corrected chi connectivity index (χ0v) is 22.2. The molecule has 0 bridgehead atoms. The Morgan fingerprint density at radius 1 is 1.28 bits per heavy atom. The Balaban J connectivity index is 0.00000176. The zero-order valence-electron chi connectivity index (χ0n) is 20.6. The highest BCUT2D eigenvalue weighted by molar-refractivity contribution is 9.10. The Morgan fingerprint density at radius 3 is 2.72 bits per heavy atom. The third kappa shape index (κ3) is 6.06. The average molecular weight is 560 g/mol. The van der Waals surface area contributed by atoms with Gasteiger partial charge in [-0.15, -0.1) is 0 Å². The summed E-state index contributed by atoms with van der Waals surface area (Å²) in [7, 11) is 3.27. The van der Waals surface area contributed by atoms with E-state index in [0.717, 1.165) is 0 Å². The molecule has 0 aliphatic carbocycles. The first-order valence-corrected chi connectivity index (χ1v) is 12.0. The molecule has 0 fully saturated rings. The number of rotatable bonds is 7. The number of nitrogens with one attached hydrogen (secondary N) is 1. The molecule has 0 aliphatic heterocycles. The fraction of sp³-hybridized carbons (Fsp3) is 0.292. The second-order valence-electron chi connectivity index (χ2n) is 7.58. The van der Waals surface area contributed by atoms with Crippen LogP contribution in [0.3, 0.4) is 0 Å². The minimum absolute atomic E-state index is 0.0577. The van der Waals surface area contributed by atoms with Crippen molar-refractivity contribution in [3.63, 3.8) is 0 Å². The number of fused-ring (bicyclic) bond motifs is 1. The number of halogens is 2. The molecule has 1 unspecified atom stereocenters. The van der Waals surface area contributed by atoms with E-state index in [9.17, 15) is 14.0 Å². The van der Waals surface area contributed by atoms with Crippen molar-refractivity contribution >= 4 is 39.1 Å². The number of hydrogen-bond donors (Lipinski definition) is 1. The lowest BCUT2D eigenvalue weighted by molar-refractivity contribution is -0.129. The van der Waals surface area contributed by atoms with E-state index in [2.05, 4.69) is 36.4 Å². The molecule has 0 aliphatic rings. The molecule has 1 atom stereocenters. The van der Waals surface area contributed by atoms with Crippen LogP contribution in [0.2, 0.25) is 0 Å². The SMILES string of the molecule is CC.CC(F)Oc1ccc(Br)cc1-c1nn(CC(=O)N(C)C)cc1NC(=O)c1cnn2cccnc12. The molecule has 2 amide bonds. The zero-order chi connectivity index (χ0) is 26.4. The van der Waals surface area contributed by atoms with Crippen LogP contribution < -0.4 is 10.1 Å². The van der Waals surface area contributed by atoms with Gasteiger partial charge in [0.1, 0.15) is 23.6 Å². The van der Waals surface area contributed by atoms with Gasteiger partial charge in [0.2, 0.25) is 12.3 Å². The van der Waals surface area contributed by atoms with Crippen molar-refractivity contribution in [2.24, 2.45) is 0 Å². The van der Waals surface area contributed by atoms with Crippen LogP contribution in [0.25, 0.3) is 16.9 Å². The van der Waals surface area contributed by atoms with E-state index >= 15 is 0 Å². The van der Waals surface area contributed by atoms with E-state index in [4.69, 9.17) is 4.74 Å². The summed E-state index contributed by atoms with van der Waals surface area (Å²) in [5.41, 5.74) is 1.69. The Labute approximate surface area is 216 Å². The largest absolute Gasteiger partial charge is 0.460 e. The number of anilines is 1. The van der Waals surface area contributed by atoms with Crippen molar-refractivity contribution < 1.29 is 18.7 Å². The second kappa shape index (κ2) is 11.8. The summed E-state index contributed by atoms with van der Waals surface area (Å²) in [5.74, 6) is -0.429. The van der Waals surface area contributed by atoms with Crippen LogP contribution >= 0.6 is 15.9 Å². The maximum absolute atomic E-state index is 13.7. The predicted octanol–water partition coefficient (Wildman–Crippen LogP) is 4.42. The number of benzene rings is 1. The van der Waals surface area contributed by atoms with Crippen molar-refractivity contribution in [2.75, 3.05) is 19.4 Å². The quantitative estimate of drug-likeness (QED) is 0.359. The average Bonchev–Trinajstić information content (AvgIpc) is 3.45. The molecule has 3 aromatic heterocycles. The van der Waals surface area contributed by atoms with E-state index in [0.29, 0.717) is 27.1 Å². The van der Waals surface area contributed by atoms with E-state index in [1.165, 1.54) is 33.4 Å². The molecule has 1 N–H and O–H groups in total. The fourth-order valence-corrected chi connectivity index (χ4v) is 3.58. The highest BCUT2D eigenvalue weighted by Crippen LogP contribution is 2.37. The molecule has 0 saturated heterocycles. The normalized spacial score (nSPS) is 11.4. The van der Waals surface area contributed by atoms with Crippen LogP contribution in [0.1, 0.15) is 31.1 Å². The molecule has 36 heavy (non-hydrogen) atoms. The summed E-state index contributed by atoms with van der Waals surface area (Å²) in [6, 6.07) is 6.70. The van der Waals surface area contributed by atoms with Crippen molar-refractivity contribution in [1.82, 2.24) is 29.3 Å². The smallest absolute Gasteiger partial charge is 0.261 e. The van der Waals surface area contributed by atoms with Crippen LogP contribution in [0.4, 0.5) is 10.1 Å². The fourth-order valence-electron chi connectivity index (χ4n) is 3.21. The minimum Gasteiger partial charge on any atom is -0.460 e. The summed E-state index contributed by atoms with van der Waals surface area (Å²) >= 11 is 3.41. The van der Waals surface area contributed by atoms with Gasteiger partial charge in [-0.2, -0.15) is 10.2 Å². The molecule has 3 heterocycles. The van der Waals surface area contributed by atoms with Crippen LogP contribution in [0.15, 0.2) is 53.5 Å². The van der Waals surface area contributed by atoms with Crippen molar-refractivity contribution in [3.8, 4) is 17.0 Å². The van der Waals surface area contributed by atoms with Gasteiger partial charge >= 0.3 is 0 Å². The van der Waals surface area contributed by atoms with Crippen LogP contribution in [-0.4, -0.2) is 61.5 Å². The van der Waals surface area contributed by atoms with Gasteiger partial charge in [-0.1, -0.05) is 29.8 Å². The van der Waals surface area contributed by atoms with Gasteiger partial charge < -0.3 is 15.0 Å². The summed E-state index contributed by atoms with van der Waals surface area (Å²) in [6.45, 7) is 5.21. The van der Waals surface area contributed by atoms with Gasteiger partial charge in [-0.05, 0) is 24.3 Å². The molecule has 12 heteroatoms. The lowest BCUT2D eigenvalue weighted by Gasteiger charge is -2.13. The highest BCUT2D eigenvalue weighted by atomic mass is 79.9. The van der Waals surface area contributed by atoms with E-state index in [1.807, 2.05) is 13.8 Å². The molecule has 0 saturated carbocycles. The van der Waals surface area contributed by atoms with E-state index in [1.54, 1.807) is 50.8 Å². The predicted molar refractivity (Wildman–Crippen MR) is 138 cm³/mol. The lowest BCUT2D eigenvalue weighted by atomic mass is 10.1. The van der Waals surface area contributed by atoms with Crippen LogP contribution in [0.5, 0.6) is 5.75 Å². The van der Waals surface area contributed by atoms with Crippen molar-refractivity contribution in [1.29, 1.82) is 0 Å². The third-order valence-electron chi connectivity index (χ3n) is 4.82. The molecular formula is C24H27BrFN7O3. The van der Waals surface area contributed by atoms with Gasteiger partial charge in [0.15, 0.2) is 5.65 Å². The van der Waals surface area contributed by atoms with Gasteiger partial charge in [0.25, 0.3) is 5.91 Å². The topological polar surface area (TPSA) is 107 Å². The first-order valence-electron chi connectivity index (χ1n) is 11.2. The number of alkyl halides is 1. The number of carbonyl (C=O) groups is 2. The molecule has 0 spiro atoms. The highest BCUT2D eigenvalue weighted by Gasteiger charge is 2.22. The Morgan fingerprint density at radius 2 is 2.03 bits per heavy atom. The third-order valence-corrected chi connectivity index (χ3v) is 5.31. The maximum atomic E-state index is 13.7. The summed E-state index contributed by atoms with van der Waals surface area (Å²) < 4.78 is 22.6. The summed E-state index contributed by atoms with van der Waals surface area (Å²) in [6.07, 6.45) is 4.62. The van der Waals surface area contributed by atoms with E-state index < -0.39 is 12.3 Å². The number of amides is 2. The van der Waals surface area contributed by atoms with Crippen molar-refractivity contribution in [2.45, 2.75) is 33.7 Å². The molecule has 10 nitrogen and oxygen atoms in total. The second-order valence-corrected chi connectivity index (χ2v) is 8.49. The monoisotopic (exact) mass is 559 g/mol. The molecule has 1 aromatic carbocycles. The van der Waals surface area contributed by atoms with Gasteiger partial charge in [0, 0.05) is 49.6 Å². The first-order chi connectivity index (χ1) is 17.2. The lowest BCUT2D eigenvalue weighted by Crippen LogP contribution is -2.26. The summed E-state index contributed by atoms with van der Waals surface area (Å²) in [5, 5.41) is 11.5.